The van der Waals surface area contributed by atoms with Crippen LogP contribution in [0.25, 0.3) is 0 Å². The first-order valence-corrected chi connectivity index (χ1v) is 4.37. The van der Waals surface area contributed by atoms with Crippen LogP contribution in [-0.2, 0) is 11.3 Å². The van der Waals surface area contributed by atoms with Gasteiger partial charge in [-0.15, -0.1) is 0 Å². The molecule has 0 spiro atoms. The molecule has 0 bridgehead atoms. The highest BCUT2D eigenvalue weighted by atomic mass is 79.9. The van der Waals surface area contributed by atoms with Crippen molar-refractivity contribution in [3.05, 3.63) is 17.1 Å². The number of aromatic nitrogens is 2. The van der Waals surface area contributed by atoms with E-state index in [0.717, 1.165) is 24.4 Å². The Morgan fingerprint density at radius 1 is 1.73 bits per heavy atom. The van der Waals surface area contributed by atoms with Gasteiger partial charge in [0, 0.05) is 19.3 Å². The SMILES string of the molecule is CCOCCn1cnc(Br)c1. The van der Waals surface area contributed by atoms with Gasteiger partial charge in [0.25, 0.3) is 0 Å². The number of nitrogens with zero attached hydrogens (tertiary/aromatic N) is 2. The predicted molar refractivity (Wildman–Crippen MR) is 46.4 cm³/mol. The zero-order chi connectivity index (χ0) is 8.10. The van der Waals surface area contributed by atoms with Gasteiger partial charge in [-0.25, -0.2) is 4.98 Å². The number of rotatable bonds is 4. The Hall–Kier alpha value is -0.350. The van der Waals surface area contributed by atoms with Crippen LogP contribution < -0.4 is 0 Å². The third kappa shape index (κ3) is 3.03. The fraction of sp³-hybridized carbons (Fsp3) is 0.571. The summed E-state index contributed by atoms with van der Waals surface area (Å²) >= 11 is 3.27. The molecule has 0 atom stereocenters. The van der Waals surface area contributed by atoms with E-state index >= 15 is 0 Å². The molecule has 1 aromatic rings. The first kappa shape index (κ1) is 8.74. The number of hydrogen-bond donors (Lipinski definition) is 0. The van der Waals surface area contributed by atoms with Crippen LogP contribution in [0.1, 0.15) is 6.92 Å². The largest absolute Gasteiger partial charge is 0.380 e. The summed E-state index contributed by atoms with van der Waals surface area (Å²) in [5, 5.41) is 0. The van der Waals surface area contributed by atoms with E-state index in [2.05, 4.69) is 20.9 Å². The molecule has 0 N–H and O–H groups in total. The predicted octanol–water partition coefficient (Wildman–Crippen LogP) is 1.68. The van der Waals surface area contributed by atoms with Gasteiger partial charge in [0.15, 0.2) is 0 Å². The minimum Gasteiger partial charge on any atom is -0.380 e. The lowest BCUT2D eigenvalue weighted by Crippen LogP contribution is -2.03. The average molecular weight is 219 g/mol. The summed E-state index contributed by atoms with van der Waals surface area (Å²) in [5.74, 6) is 0. The second-order valence-corrected chi connectivity index (χ2v) is 2.94. The van der Waals surface area contributed by atoms with Crippen molar-refractivity contribution in [3.8, 4) is 0 Å². The Labute approximate surface area is 74.5 Å². The lowest BCUT2D eigenvalue weighted by molar-refractivity contribution is 0.139. The zero-order valence-corrected chi connectivity index (χ0v) is 8.04. The summed E-state index contributed by atoms with van der Waals surface area (Å²) in [4.78, 5) is 4.02. The van der Waals surface area contributed by atoms with Gasteiger partial charge in [0.05, 0.1) is 12.9 Å². The fourth-order valence-electron chi connectivity index (χ4n) is 0.769. The van der Waals surface area contributed by atoms with E-state index in [1.54, 1.807) is 6.33 Å². The summed E-state index contributed by atoms with van der Waals surface area (Å²) < 4.78 is 8.04. The molecule has 1 aromatic heterocycles. The first-order chi connectivity index (χ1) is 5.33. The van der Waals surface area contributed by atoms with E-state index < -0.39 is 0 Å². The van der Waals surface area contributed by atoms with Crippen molar-refractivity contribution in [2.75, 3.05) is 13.2 Å². The zero-order valence-electron chi connectivity index (χ0n) is 6.46. The van der Waals surface area contributed by atoms with E-state index in [9.17, 15) is 0 Å². The minimum atomic E-state index is 0.749. The molecule has 0 saturated heterocycles. The molecule has 4 heteroatoms. The number of imidazole rings is 1. The van der Waals surface area contributed by atoms with Gasteiger partial charge in [0.1, 0.15) is 4.60 Å². The lowest BCUT2D eigenvalue weighted by Gasteiger charge is -2.00. The van der Waals surface area contributed by atoms with Crippen LogP contribution in [0.15, 0.2) is 17.1 Å². The molecule has 1 rings (SSSR count). The van der Waals surface area contributed by atoms with E-state index in [-0.39, 0.29) is 0 Å². The van der Waals surface area contributed by atoms with Crippen molar-refractivity contribution in [1.82, 2.24) is 9.55 Å². The summed E-state index contributed by atoms with van der Waals surface area (Å²) in [6.45, 7) is 4.38. The first-order valence-electron chi connectivity index (χ1n) is 3.58. The molecule has 1 heterocycles. The monoisotopic (exact) mass is 218 g/mol. The fourth-order valence-corrected chi connectivity index (χ4v) is 1.12. The van der Waals surface area contributed by atoms with Crippen LogP contribution in [0.2, 0.25) is 0 Å². The summed E-state index contributed by atoms with van der Waals surface area (Å²) in [7, 11) is 0. The molecule has 11 heavy (non-hydrogen) atoms. The molecule has 0 aliphatic carbocycles. The van der Waals surface area contributed by atoms with Gasteiger partial charge >= 0.3 is 0 Å². The number of halogens is 1. The summed E-state index contributed by atoms with van der Waals surface area (Å²) in [5.41, 5.74) is 0. The molecule has 0 radical (unpaired) electrons. The molecular weight excluding hydrogens is 208 g/mol. The molecule has 0 saturated carbocycles. The second kappa shape index (κ2) is 4.51. The maximum atomic E-state index is 5.18. The molecule has 3 nitrogen and oxygen atoms in total. The Balaban J connectivity index is 2.27. The summed E-state index contributed by atoms with van der Waals surface area (Å²) in [6, 6.07) is 0. The van der Waals surface area contributed by atoms with Gasteiger partial charge in [-0.2, -0.15) is 0 Å². The molecule has 62 valence electrons. The highest BCUT2D eigenvalue weighted by Gasteiger charge is 1.92. The van der Waals surface area contributed by atoms with Crippen molar-refractivity contribution >= 4 is 15.9 Å². The van der Waals surface area contributed by atoms with Gasteiger partial charge < -0.3 is 9.30 Å². The van der Waals surface area contributed by atoms with Crippen LogP contribution in [0.5, 0.6) is 0 Å². The maximum absolute atomic E-state index is 5.18. The topological polar surface area (TPSA) is 27.1 Å². The molecule has 0 amide bonds. The van der Waals surface area contributed by atoms with Gasteiger partial charge in [-0.3, -0.25) is 0 Å². The van der Waals surface area contributed by atoms with Crippen molar-refractivity contribution in [1.29, 1.82) is 0 Å². The molecular formula is C7H11BrN2O. The molecule has 0 aliphatic rings. The second-order valence-electron chi connectivity index (χ2n) is 2.13. The highest BCUT2D eigenvalue weighted by molar-refractivity contribution is 9.10. The Morgan fingerprint density at radius 3 is 3.09 bits per heavy atom. The van der Waals surface area contributed by atoms with Crippen LogP contribution in [0.4, 0.5) is 0 Å². The normalized spacial score (nSPS) is 10.4. The van der Waals surface area contributed by atoms with Crippen molar-refractivity contribution < 1.29 is 4.74 Å². The van der Waals surface area contributed by atoms with Crippen molar-refractivity contribution in [2.45, 2.75) is 13.5 Å². The van der Waals surface area contributed by atoms with Crippen molar-refractivity contribution in [2.24, 2.45) is 0 Å². The van der Waals surface area contributed by atoms with Gasteiger partial charge in [-0.1, -0.05) is 0 Å². The number of hydrogen-bond acceptors (Lipinski definition) is 2. The van der Waals surface area contributed by atoms with Crippen molar-refractivity contribution in [3.63, 3.8) is 0 Å². The van der Waals surface area contributed by atoms with E-state index in [1.165, 1.54) is 0 Å². The van der Waals surface area contributed by atoms with E-state index in [1.807, 2.05) is 17.7 Å². The van der Waals surface area contributed by atoms with E-state index in [4.69, 9.17) is 4.74 Å². The smallest absolute Gasteiger partial charge is 0.124 e. The Morgan fingerprint density at radius 2 is 2.55 bits per heavy atom. The van der Waals surface area contributed by atoms with Crippen LogP contribution in [-0.4, -0.2) is 22.8 Å². The standard InChI is InChI=1S/C7H11BrN2O/c1-2-11-4-3-10-5-7(8)9-6-10/h5-6H,2-4H2,1H3. The molecule has 0 aromatic carbocycles. The summed E-state index contributed by atoms with van der Waals surface area (Å²) in [6.07, 6.45) is 3.71. The Bertz CT molecular complexity index is 212. The van der Waals surface area contributed by atoms with Crippen LogP contribution >= 0.6 is 15.9 Å². The maximum Gasteiger partial charge on any atom is 0.124 e. The van der Waals surface area contributed by atoms with Gasteiger partial charge in [0.2, 0.25) is 0 Å². The average Bonchev–Trinajstić information content (AvgIpc) is 2.37. The number of ether oxygens (including phenoxy) is 1. The van der Waals surface area contributed by atoms with Gasteiger partial charge in [-0.05, 0) is 22.9 Å². The van der Waals surface area contributed by atoms with Crippen LogP contribution in [0, 0.1) is 0 Å². The third-order valence-electron chi connectivity index (χ3n) is 1.30. The molecule has 0 fully saturated rings. The Kier molecular flexibility index (Phi) is 3.59. The third-order valence-corrected chi connectivity index (χ3v) is 1.71. The molecule has 0 unspecified atom stereocenters. The van der Waals surface area contributed by atoms with Crippen LogP contribution in [0.3, 0.4) is 0 Å². The molecule has 0 aliphatic heterocycles. The minimum absolute atomic E-state index is 0.749. The highest BCUT2D eigenvalue weighted by Crippen LogP contribution is 2.03. The lowest BCUT2D eigenvalue weighted by atomic mass is 10.6. The quantitative estimate of drug-likeness (QED) is 0.720. The van der Waals surface area contributed by atoms with E-state index in [0.29, 0.717) is 0 Å².